The first-order chi connectivity index (χ1) is 15.4. The summed E-state index contributed by atoms with van der Waals surface area (Å²) in [5.74, 6) is 2.93. The number of hydrogen-bond donors (Lipinski definition) is 0. The summed E-state index contributed by atoms with van der Waals surface area (Å²) < 4.78 is 18.6. The van der Waals surface area contributed by atoms with E-state index >= 15 is 0 Å². The molecule has 0 unspecified atom stereocenters. The molecular weight excluding hydrogens is 411 g/mol. The fraction of sp³-hybridized carbons (Fsp3) is 0.435. The molecule has 0 amide bonds. The lowest BCUT2D eigenvalue weighted by molar-refractivity contribution is 0.321. The molecule has 168 valence electrons. The third-order valence-corrected chi connectivity index (χ3v) is 5.66. The van der Waals surface area contributed by atoms with Gasteiger partial charge in [-0.1, -0.05) is 36.3 Å². The highest BCUT2D eigenvalue weighted by molar-refractivity contribution is 5.98. The standard InChI is InChI=1S/C23H27FN6O2/c1-14(2)20-27-23(32-29-20)18-9-11-30(12-10-18)21-15(3)22(26-13-25-21)31-28-16(4)17-5-7-19(24)8-6-17/h5-8,13-14,18H,9-12H2,1-4H3/b28-16-. The Kier molecular flexibility index (Phi) is 6.43. The van der Waals surface area contributed by atoms with E-state index < -0.39 is 0 Å². The molecule has 1 saturated heterocycles. The second-order valence-electron chi connectivity index (χ2n) is 8.31. The monoisotopic (exact) mass is 438 g/mol. The van der Waals surface area contributed by atoms with Gasteiger partial charge >= 0.3 is 0 Å². The van der Waals surface area contributed by atoms with Gasteiger partial charge in [-0.05, 0) is 44.4 Å². The van der Waals surface area contributed by atoms with Crippen molar-refractivity contribution in [2.24, 2.45) is 5.16 Å². The van der Waals surface area contributed by atoms with Gasteiger partial charge in [0.15, 0.2) is 5.82 Å². The third kappa shape index (κ3) is 4.76. The molecule has 1 aliphatic heterocycles. The lowest BCUT2D eigenvalue weighted by Crippen LogP contribution is -2.34. The van der Waals surface area contributed by atoms with E-state index in [1.54, 1.807) is 19.1 Å². The fourth-order valence-corrected chi connectivity index (χ4v) is 3.68. The van der Waals surface area contributed by atoms with Crippen LogP contribution in [0.25, 0.3) is 0 Å². The first-order valence-electron chi connectivity index (χ1n) is 10.8. The number of halogens is 1. The molecule has 0 radical (unpaired) electrons. The first kappa shape index (κ1) is 21.9. The topological polar surface area (TPSA) is 89.5 Å². The summed E-state index contributed by atoms with van der Waals surface area (Å²) in [5, 5.41) is 8.25. The van der Waals surface area contributed by atoms with E-state index in [1.807, 2.05) is 6.92 Å². The third-order valence-electron chi connectivity index (χ3n) is 5.66. The van der Waals surface area contributed by atoms with E-state index in [4.69, 9.17) is 9.36 Å². The van der Waals surface area contributed by atoms with Crippen LogP contribution in [0.1, 0.15) is 68.3 Å². The van der Waals surface area contributed by atoms with Gasteiger partial charge in [-0.3, -0.25) is 0 Å². The number of hydrogen-bond acceptors (Lipinski definition) is 8. The molecule has 0 bridgehead atoms. The predicted molar refractivity (Wildman–Crippen MR) is 119 cm³/mol. The van der Waals surface area contributed by atoms with Crippen LogP contribution in [0.15, 0.2) is 40.3 Å². The second-order valence-corrected chi connectivity index (χ2v) is 8.31. The maximum Gasteiger partial charge on any atom is 0.256 e. The number of anilines is 1. The zero-order chi connectivity index (χ0) is 22.7. The van der Waals surface area contributed by atoms with Crippen LogP contribution in [-0.4, -0.2) is 38.9 Å². The number of aromatic nitrogens is 4. The predicted octanol–water partition coefficient (Wildman–Crippen LogP) is 4.62. The molecule has 3 heterocycles. The van der Waals surface area contributed by atoms with Crippen molar-refractivity contribution in [2.45, 2.75) is 52.4 Å². The summed E-state index contributed by atoms with van der Waals surface area (Å²) in [6.45, 7) is 9.47. The highest BCUT2D eigenvalue weighted by Gasteiger charge is 2.27. The van der Waals surface area contributed by atoms with Crippen molar-refractivity contribution in [2.75, 3.05) is 18.0 Å². The van der Waals surface area contributed by atoms with E-state index in [2.05, 4.69) is 44.0 Å². The zero-order valence-corrected chi connectivity index (χ0v) is 18.7. The normalized spacial score (nSPS) is 15.4. The number of benzene rings is 1. The van der Waals surface area contributed by atoms with Gasteiger partial charge in [-0.15, -0.1) is 0 Å². The van der Waals surface area contributed by atoms with Gasteiger partial charge in [0.1, 0.15) is 18.0 Å². The number of rotatable bonds is 6. The van der Waals surface area contributed by atoms with Crippen molar-refractivity contribution < 1.29 is 13.8 Å². The first-order valence-corrected chi connectivity index (χ1v) is 10.8. The van der Waals surface area contributed by atoms with Gasteiger partial charge in [0.25, 0.3) is 5.88 Å². The van der Waals surface area contributed by atoms with Crippen molar-refractivity contribution >= 4 is 11.5 Å². The van der Waals surface area contributed by atoms with Gasteiger partial charge in [-0.25, -0.2) is 9.37 Å². The smallest absolute Gasteiger partial charge is 0.256 e. The van der Waals surface area contributed by atoms with E-state index in [9.17, 15) is 4.39 Å². The summed E-state index contributed by atoms with van der Waals surface area (Å²) in [7, 11) is 0. The average molecular weight is 439 g/mol. The average Bonchev–Trinajstić information content (AvgIpc) is 3.30. The van der Waals surface area contributed by atoms with Crippen LogP contribution in [0.5, 0.6) is 5.88 Å². The molecule has 0 spiro atoms. The van der Waals surface area contributed by atoms with Crippen LogP contribution in [0.4, 0.5) is 10.2 Å². The van der Waals surface area contributed by atoms with E-state index in [0.29, 0.717) is 11.6 Å². The van der Waals surface area contributed by atoms with Gasteiger partial charge in [0.2, 0.25) is 5.89 Å². The maximum atomic E-state index is 13.1. The van der Waals surface area contributed by atoms with Crippen LogP contribution >= 0.6 is 0 Å². The van der Waals surface area contributed by atoms with Gasteiger partial charge in [0, 0.05) is 24.9 Å². The molecular formula is C23H27FN6O2. The minimum Gasteiger partial charge on any atom is -0.356 e. The summed E-state index contributed by atoms with van der Waals surface area (Å²) >= 11 is 0. The van der Waals surface area contributed by atoms with E-state index in [0.717, 1.165) is 54.6 Å². The number of piperidine rings is 1. The van der Waals surface area contributed by atoms with Crippen molar-refractivity contribution in [3.05, 3.63) is 59.3 Å². The van der Waals surface area contributed by atoms with Crippen LogP contribution in [0.3, 0.4) is 0 Å². The quantitative estimate of drug-likeness (QED) is 0.410. The fourth-order valence-electron chi connectivity index (χ4n) is 3.68. The Bertz CT molecular complexity index is 1090. The molecule has 0 aliphatic carbocycles. The Hall–Kier alpha value is -3.36. The van der Waals surface area contributed by atoms with Gasteiger partial charge in [0.05, 0.1) is 11.3 Å². The van der Waals surface area contributed by atoms with Gasteiger partial charge in [-0.2, -0.15) is 9.97 Å². The summed E-state index contributed by atoms with van der Waals surface area (Å²) in [6, 6.07) is 6.11. The van der Waals surface area contributed by atoms with Crippen molar-refractivity contribution in [1.82, 2.24) is 20.1 Å². The Morgan fingerprint density at radius 2 is 1.91 bits per heavy atom. The molecule has 0 saturated carbocycles. The van der Waals surface area contributed by atoms with Crippen LogP contribution in [0.2, 0.25) is 0 Å². The highest BCUT2D eigenvalue weighted by Crippen LogP contribution is 2.32. The molecule has 1 aromatic carbocycles. The van der Waals surface area contributed by atoms with Crippen molar-refractivity contribution in [3.63, 3.8) is 0 Å². The van der Waals surface area contributed by atoms with E-state index in [-0.39, 0.29) is 17.7 Å². The molecule has 32 heavy (non-hydrogen) atoms. The minimum absolute atomic E-state index is 0.254. The Morgan fingerprint density at radius 3 is 2.56 bits per heavy atom. The lowest BCUT2D eigenvalue weighted by atomic mass is 9.96. The molecule has 1 fully saturated rings. The van der Waals surface area contributed by atoms with Crippen molar-refractivity contribution in [1.29, 1.82) is 0 Å². The molecule has 9 heteroatoms. The minimum atomic E-state index is -0.290. The molecule has 0 atom stereocenters. The van der Waals surface area contributed by atoms with E-state index in [1.165, 1.54) is 18.5 Å². The SMILES string of the molecule is C/C(=N/Oc1ncnc(N2CCC(c3nc(C(C)C)no3)CC2)c1C)c1ccc(F)cc1. The van der Waals surface area contributed by atoms with Gasteiger partial charge < -0.3 is 14.3 Å². The number of nitrogens with zero attached hydrogens (tertiary/aromatic N) is 6. The molecule has 4 rings (SSSR count). The molecule has 3 aromatic rings. The maximum absolute atomic E-state index is 13.1. The Morgan fingerprint density at radius 1 is 1.19 bits per heavy atom. The van der Waals surface area contributed by atoms with Crippen LogP contribution in [0, 0.1) is 12.7 Å². The Balaban J connectivity index is 1.42. The molecule has 1 aliphatic rings. The van der Waals surface area contributed by atoms with Crippen LogP contribution < -0.4 is 9.74 Å². The largest absolute Gasteiger partial charge is 0.356 e. The molecule has 0 N–H and O–H groups in total. The molecule has 8 nitrogen and oxygen atoms in total. The Labute approximate surface area is 186 Å². The highest BCUT2D eigenvalue weighted by atomic mass is 19.1. The summed E-state index contributed by atoms with van der Waals surface area (Å²) in [6.07, 6.45) is 3.29. The van der Waals surface area contributed by atoms with Crippen molar-refractivity contribution in [3.8, 4) is 5.88 Å². The van der Waals surface area contributed by atoms with Crippen LogP contribution in [-0.2, 0) is 0 Å². The zero-order valence-electron chi connectivity index (χ0n) is 18.7. The summed E-state index contributed by atoms with van der Waals surface area (Å²) in [4.78, 5) is 21.1. The second kappa shape index (κ2) is 9.42. The number of oxime groups is 1. The lowest BCUT2D eigenvalue weighted by Gasteiger charge is -2.32. The molecule has 2 aromatic heterocycles. The summed E-state index contributed by atoms with van der Waals surface area (Å²) in [5.41, 5.74) is 2.23.